The Hall–Kier alpha value is -2.41. The predicted octanol–water partition coefficient (Wildman–Crippen LogP) is 4.10. The molecule has 0 aliphatic rings. The van der Waals surface area contributed by atoms with Crippen LogP contribution < -0.4 is 0 Å². The number of benzene rings is 1. The lowest BCUT2D eigenvalue weighted by Gasteiger charge is -2.14. The van der Waals surface area contributed by atoms with Crippen molar-refractivity contribution in [1.82, 2.24) is 9.55 Å². The molecule has 0 saturated carbocycles. The lowest BCUT2D eigenvalue weighted by molar-refractivity contribution is -0.384. The van der Waals surface area contributed by atoms with E-state index in [9.17, 15) is 20.0 Å². The van der Waals surface area contributed by atoms with E-state index in [0.29, 0.717) is 17.4 Å². The van der Waals surface area contributed by atoms with Gasteiger partial charge in [0.15, 0.2) is 5.15 Å². The maximum atomic E-state index is 11.2. The number of hydrogen-bond donors (Lipinski definition) is 1. The quantitative estimate of drug-likeness (QED) is 0.522. The number of carboxylic acids is 1. The van der Waals surface area contributed by atoms with E-state index in [2.05, 4.69) is 11.9 Å². The van der Waals surface area contributed by atoms with Crippen LogP contribution in [0.25, 0.3) is 0 Å². The van der Waals surface area contributed by atoms with Crippen LogP contribution in [0, 0.1) is 16.0 Å². The maximum Gasteiger partial charge on any atom is 0.306 e. The first-order valence-electron chi connectivity index (χ1n) is 8.53. The average Bonchev–Trinajstić information content (AvgIpc) is 2.88. The summed E-state index contributed by atoms with van der Waals surface area (Å²) in [6.45, 7) is 4.16. The van der Waals surface area contributed by atoms with Gasteiger partial charge in [0.25, 0.3) is 5.69 Å². The minimum atomic E-state index is -0.890. The smallest absolute Gasteiger partial charge is 0.306 e. The summed E-state index contributed by atoms with van der Waals surface area (Å²) < 4.78 is 1.94. The van der Waals surface area contributed by atoms with Crippen molar-refractivity contribution < 1.29 is 14.8 Å². The van der Waals surface area contributed by atoms with Crippen molar-refractivity contribution in [2.45, 2.75) is 46.1 Å². The summed E-state index contributed by atoms with van der Waals surface area (Å²) in [5.74, 6) is -0.666. The Morgan fingerprint density at radius 2 is 2.04 bits per heavy atom. The van der Waals surface area contributed by atoms with E-state index in [-0.39, 0.29) is 12.1 Å². The number of carboxylic acid groups (broad SMARTS) is 1. The number of imidazole rings is 1. The molecule has 0 spiro atoms. The number of unbranched alkanes of at least 4 members (excludes halogenated alkanes) is 1. The van der Waals surface area contributed by atoms with Crippen LogP contribution >= 0.6 is 11.6 Å². The first-order chi connectivity index (χ1) is 12.3. The summed E-state index contributed by atoms with van der Waals surface area (Å²) in [6, 6.07) is 6.30. The van der Waals surface area contributed by atoms with Gasteiger partial charge in [-0.1, -0.05) is 44.0 Å². The van der Waals surface area contributed by atoms with E-state index in [4.69, 9.17) is 11.6 Å². The fourth-order valence-electron chi connectivity index (χ4n) is 2.70. The fourth-order valence-corrected chi connectivity index (χ4v) is 2.97. The zero-order chi connectivity index (χ0) is 19.3. The Morgan fingerprint density at radius 1 is 1.38 bits per heavy atom. The molecule has 0 saturated heterocycles. The molecule has 1 aromatic carbocycles. The number of non-ortho nitro benzene ring substituents is 1. The van der Waals surface area contributed by atoms with Gasteiger partial charge < -0.3 is 9.67 Å². The molecular formula is C18H22ClN3O4. The third-order valence-corrected chi connectivity index (χ3v) is 4.57. The highest BCUT2D eigenvalue weighted by Gasteiger charge is 2.21. The molecule has 8 heteroatoms. The highest BCUT2D eigenvalue weighted by molar-refractivity contribution is 6.30. The Balaban J connectivity index is 2.35. The van der Waals surface area contributed by atoms with Crippen LogP contribution in [-0.4, -0.2) is 25.6 Å². The number of aromatic nitrogens is 2. The summed E-state index contributed by atoms with van der Waals surface area (Å²) in [5, 5.41) is 20.3. The molecular weight excluding hydrogens is 358 g/mol. The summed E-state index contributed by atoms with van der Waals surface area (Å²) >= 11 is 6.30. The lowest BCUT2D eigenvalue weighted by Crippen LogP contribution is -2.16. The molecule has 2 rings (SSSR count). The second kappa shape index (κ2) is 8.80. The van der Waals surface area contributed by atoms with E-state index < -0.39 is 16.8 Å². The summed E-state index contributed by atoms with van der Waals surface area (Å²) in [7, 11) is 0. The van der Waals surface area contributed by atoms with Crippen LogP contribution in [-0.2, 0) is 24.2 Å². The number of halogens is 1. The minimum Gasteiger partial charge on any atom is -0.481 e. The lowest BCUT2D eigenvalue weighted by atomic mass is 10.1. The number of aryl methyl sites for hydroxylation is 1. The van der Waals surface area contributed by atoms with E-state index >= 15 is 0 Å². The fraction of sp³-hybridized carbons (Fsp3) is 0.444. The predicted molar refractivity (Wildman–Crippen MR) is 98.6 cm³/mol. The molecule has 26 heavy (non-hydrogen) atoms. The number of nitro benzene ring substituents is 1. The van der Waals surface area contributed by atoms with Crippen molar-refractivity contribution in [3.05, 3.63) is 56.6 Å². The van der Waals surface area contributed by atoms with Gasteiger partial charge in [-0.15, -0.1) is 0 Å². The number of carbonyl (C=O) groups is 1. The van der Waals surface area contributed by atoms with Crippen LogP contribution in [0.15, 0.2) is 24.3 Å². The molecule has 0 aliphatic heterocycles. The van der Waals surface area contributed by atoms with Crippen molar-refractivity contribution in [3.63, 3.8) is 0 Å². The van der Waals surface area contributed by atoms with Gasteiger partial charge in [0.1, 0.15) is 5.82 Å². The highest BCUT2D eigenvalue weighted by atomic mass is 35.5. The third kappa shape index (κ3) is 4.82. The van der Waals surface area contributed by atoms with Crippen LogP contribution in [0.1, 0.15) is 43.8 Å². The number of hydrogen-bond acceptors (Lipinski definition) is 4. The minimum absolute atomic E-state index is 0.0309. The number of aliphatic carboxylic acids is 1. The Morgan fingerprint density at radius 3 is 2.58 bits per heavy atom. The molecule has 0 amide bonds. The van der Waals surface area contributed by atoms with Crippen LogP contribution in [0.5, 0.6) is 0 Å². The Bertz CT molecular complexity index is 786. The van der Waals surface area contributed by atoms with Crippen molar-refractivity contribution in [2.75, 3.05) is 0 Å². The Labute approximate surface area is 156 Å². The van der Waals surface area contributed by atoms with Crippen molar-refractivity contribution >= 4 is 23.3 Å². The van der Waals surface area contributed by atoms with Crippen LogP contribution in [0.4, 0.5) is 5.69 Å². The summed E-state index contributed by atoms with van der Waals surface area (Å²) in [6.07, 6.45) is 2.97. The SMILES string of the molecule is CCCCc1nc(Cl)c(CC(C)C(=O)O)n1Cc1ccc([N+](=O)[O-])cc1. The number of nitrogens with zero attached hydrogens (tertiary/aromatic N) is 3. The summed E-state index contributed by atoms with van der Waals surface area (Å²) in [5.41, 5.74) is 1.58. The monoisotopic (exact) mass is 379 g/mol. The van der Waals surface area contributed by atoms with Crippen molar-refractivity contribution in [1.29, 1.82) is 0 Å². The highest BCUT2D eigenvalue weighted by Crippen LogP contribution is 2.24. The van der Waals surface area contributed by atoms with E-state index in [0.717, 1.165) is 30.7 Å². The van der Waals surface area contributed by atoms with Gasteiger partial charge in [0.2, 0.25) is 0 Å². The first kappa shape index (κ1) is 19.9. The van der Waals surface area contributed by atoms with Gasteiger partial charge >= 0.3 is 5.97 Å². The van der Waals surface area contributed by atoms with E-state index in [1.165, 1.54) is 12.1 Å². The molecule has 1 atom stereocenters. The largest absolute Gasteiger partial charge is 0.481 e. The van der Waals surface area contributed by atoms with Gasteiger partial charge in [-0.3, -0.25) is 14.9 Å². The molecule has 1 unspecified atom stereocenters. The molecule has 7 nitrogen and oxygen atoms in total. The second-order valence-electron chi connectivity index (χ2n) is 6.32. The molecule has 0 bridgehead atoms. The van der Waals surface area contributed by atoms with E-state index in [1.54, 1.807) is 19.1 Å². The molecule has 0 radical (unpaired) electrons. The molecule has 0 aliphatic carbocycles. The van der Waals surface area contributed by atoms with Crippen molar-refractivity contribution in [3.8, 4) is 0 Å². The van der Waals surface area contributed by atoms with Gasteiger partial charge in [-0.25, -0.2) is 4.98 Å². The van der Waals surface area contributed by atoms with Crippen LogP contribution in [0.2, 0.25) is 5.15 Å². The number of nitro groups is 1. The number of rotatable bonds is 9. The normalized spacial score (nSPS) is 12.1. The topological polar surface area (TPSA) is 98.3 Å². The van der Waals surface area contributed by atoms with Gasteiger partial charge in [0.05, 0.1) is 16.5 Å². The zero-order valence-corrected chi connectivity index (χ0v) is 15.6. The average molecular weight is 380 g/mol. The molecule has 140 valence electrons. The van der Waals surface area contributed by atoms with Gasteiger partial charge in [0, 0.05) is 31.5 Å². The second-order valence-corrected chi connectivity index (χ2v) is 6.68. The molecule has 1 N–H and O–H groups in total. The molecule has 0 fully saturated rings. The van der Waals surface area contributed by atoms with Crippen LogP contribution in [0.3, 0.4) is 0 Å². The van der Waals surface area contributed by atoms with E-state index in [1.807, 2.05) is 4.57 Å². The van der Waals surface area contributed by atoms with Gasteiger partial charge in [-0.2, -0.15) is 0 Å². The Kier molecular flexibility index (Phi) is 6.74. The third-order valence-electron chi connectivity index (χ3n) is 4.27. The maximum absolute atomic E-state index is 11.2. The standard InChI is InChI=1S/C18H22ClN3O4/c1-3-4-5-16-20-17(19)15(10-12(2)18(23)24)21(16)11-13-6-8-14(9-7-13)22(25)26/h6-9,12H,3-5,10-11H2,1-2H3,(H,23,24). The van der Waals surface area contributed by atoms with Gasteiger partial charge in [-0.05, 0) is 12.0 Å². The first-order valence-corrected chi connectivity index (χ1v) is 8.91. The summed E-state index contributed by atoms with van der Waals surface area (Å²) in [4.78, 5) is 26.0. The molecule has 1 aromatic heterocycles. The van der Waals surface area contributed by atoms with Crippen molar-refractivity contribution in [2.24, 2.45) is 5.92 Å². The molecule has 1 heterocycles. The zero-order valence-electron chi connectivity index (χ0n) is 14.8. The molecule has 2 aromatic rings.